The molecule has 2 rings (SSSR count). The molecule has 0 aliphatic carbocycles. The molecule has 0 unspecified atom stereocenters. The molecule has 1 N–H and O–H groups in total. The Balaban J connectivity index is 2.01. The van der Waals surface area contributed by atoms with Crippen LogP contribution in [0.3, 0.4) is 0 Å². The Hall–Kier alpha value is -1.62. The number of nitrogens with zero attached hydrogens (tertiary/aromatic N) is 1. The highest BCUT2D eigenvalue weighted by Gasteiger charge is 2.25. The minimum atomic E-state index is -0.466. The lowest BCUT2D eigenvalue weighted by atomic mass is 10.0. The highest BCUT2D eigenvalue weighted by molar-refractivity contribution is 6.31. The zero-order valence-electron chi connectivity index (χ0n) is 11.9. The predicted octanol–water partition coefficient (Wildman–Crippen LogP) is 2.15. The first-order chi connectivity index (χ1) is 9.97. The van der Waals surface area contributed by atoms with Gasteiger partial charge >= 0.3 is 0 Å². The van der Waals surface area contributed by atoms with Crippen LogP contribution in [0.25, 0.3) is 0 Å². The third kappa shape index (κ3) is 4.17. The normalized spacial score (nSPS) is 18.4. The van der Waals surface area contributed by atoms with E-state index >= 15 is 0 Å². The van der Waals surface area contributed by atoms with E-state index in [1.54, 1.807) is 11.0 Å². The van der Waals surface area contributed by atoms with Crippen molar-refractivity contribution in [3.63, 3.8) is 0 Å². The molecule has 0 bridgehead atoms. The molecule has 1 saturated heterocycles. The summed E-state index contributed by atoms with van der Waals surface area (Å²) in [5.41, 5.74) is 0.228. The van der Waals surface area contributed by atoms with E-state index in [0.29, 0.717) is 13.1 Å². The second-order valence-corrected chi connectivity index (χ2v) is 5.66. The molecule has 0 aromatic heterocycles. The third-order valence-corrected chi connectivity index (χ3v) is 3.93. The second kappa shape index (κ2) is 6.89. The first kappa shape index (κ1) is 15.8. The van der Waals surface area contributed by atoms with Crippen molar-refractivity contribution in [1.29, 1.82) is 0 Å². The first-order valence-electron chi connectivity index (χ1n) is 6.95. The maximum Gasteiger partial charge on any atom is 0.227 e. The average Bonchev–Trinajstić information content (AvgIpc) is 2.42. The van der Waals surface area contributed by atoms with Crippen LogP contribution in [0, 0.1) is 5.82 Å². The van der Waals surface area contributed by atoms with Gasteiger partial charge in [-0.05, 0) is 25.0 Å². The molecule has 1 aromatic carbocycles. The van der Waals surface area contributed by atoms with Crippen LogP contribution in [-0.2, 0) is 16.0 Å². The van der Waals surface area contributed by atoms with Gasteiger partial charge in [0.25, 0.3) is 0 Å². The number of hydrogen-bond acceptors (Lipinski definition) is 2. The summed E-state index contributed by atoms with van der Waals surface area (Å²) in [4.78, 5) is 25.0. The lowest BCUT2D eigenvalue weighted by molar-refractivity contribution is -0.132. The number of rotatable bonds is 3. The van der Waals surface area contributed by atoms with E-state index in [4.69, 9.17) is 11.6 Å². The van der Waals surface area contributed by atoms with Gasteiger partial charge in [-0.25, -0.2) is 4.39 Å². The highest BCUT2D eigenvalue weighted by atomic mass is 35.5. The Morgan fingerprint density at radius 2 is 2.24 bits per heavy atom. The zero-order valence-corrected chi connectivity index (χ0v) is 12.6. The summed E-state index contributed by atoms with van der Waals surface area (Å²) in [5, 5.41) is 3.08. The molecule has 1 aliphatic rings. The van der Waals surface area contributed by atoms with Crippen LogP contribution in [-0.4, -0.2) is 35.8 Å². The summed E-state index contributed by atoms with van der Waals surface area (Å²) in [6.45, 7) is 2.55. The van der Waals surface area contributed by atoms with Crippen LogP contribution in [0.4, 0.5) is 4.39 Å². The molecule has 1 fully saturated rings. The topological polar surface area (TPSA) is 49.4 Å². The summed E-state index contributed by atoms with van der Waals surface area (Å²) in [6.07, 6.45) is 1.61. The molecule has 1 aromatic rings. The zero-order chi connectivity index (χ0) is 15.4. The van der Waals surface area contributed by atoms with Crippen molar-refractivity contribution < 1.29 is 14.0 Å². The maximum absolute atomic E-state index is 13.7. The van der Waals surface area contributed by atoms with E-state index in [2.05, 4.69) is 5.32 Å². The van der Waals surface area contributed by atoms with Gasteiger partial charge in [0.15, 0.2) is 0 Å². The van der Waals surface area contributed by atoms with Crippen molar-refractivity contribution in [3.8, 4) is 0 Å². The number of hydrogen-bond donors (Lipinski definition) is 1. The highest BCUT2D eigenvalue weighted by Crippen LogP contribution is 2.21. The van der Waals surface area contributed by atoms with Gasteiger partial charge in [-0.2, -0.15) is 0 Å². The Bertz CT molecular complexity index is 530. The summed E-state index contributed by atoms with van der Waals surface area (Å²) < 4.78 is 13.7. The van der Waals surface area contributed by atoms with Crippen molar-refractivity contribution in [2.24, 2.45) is 0 Å². The molecule has 6 heteroatoms. The molecule has 21 heavy (non-hydrogen) atoms. The summed E-state index contributed by atoms with van der Waals surface area (Å²) in [6, 6.07) is 4.35. The van der Waals surface area contributed by atoms with E-state index in [1.165, 1.54) is 19.1 Å². The Kier molecular flexibility index (Phi) is 5.17. The number of carbonyl (C=O) groups excluding carboxylic acids is 2. The largest absolute Gasteiger partial charge is 0.352 e. The summed E-state index contributed by atoms with van der Waals surface area (Å²) in [7, 11) is 0. The molecule has 1 aliphatic heterocycles. The van der Waals surface area contributed by atoms with Crippen LogP contribution in [0.1, 0.15) is 25.3 Å². The van der Waals surface area contributed by atoms with Gasteiger partial charge in [0, 0.05) is 36.6 Å². The van der Waals surface area contributed by atoms with Gasteiger partial charge in [0.2, 0.25) is 11.8 Å². The number of amides is 2. The smallest absolute Gasteiger partial charge is 0.227 e. The minimum absolute atomic E-state index is 0.0312. The third-order valence-electron chi connectivity index (χ3n) is 3.57. The number of carbonyl (C=O) groups is 2. The number of likely N-dealkylation sites (tertiary alicyclic amines) is 1. The second-order valence-electron chi connectivity index (χ2n) is 5.26. The van der Waals surface area contributed by atoms with E-state index in [1.807, 2.05) is 0 Å². The first-order valence-corrected chi connectivity index (χ1v) is 7.33. The summed E-state index contributed by atoms with van der Waals surface area (Å²) >= 11 is 5.94. The number of benzene rings is 1. The SMILES string of the molecule is CC(=O)N[C@@H]1CCCN(C(=O)Cc2c(F)cccc2Cl)C1. The average molecular weight is 313 g/mol. The standard InChI is InChI=1S/C15H18ClFN2O2/c1-10(20)18-11-4-3-7-19(9-11)15(21)8-12-13(16)5-2-6-14(12)17/h2,5-6,11H,3-4,7-9H2,1H3,(H,18,20)/t11-/m1/s1. The summed E-state index contributed by atoms with van der Waals surface area (Å²) in [5.74, 6) is -0.741. The molecule has 2 amide bonds. The monoisotopic (exact) mass is 312 g/mol. The predicted molar refractivity (Wildman–Crippen MR) is 78.5 cm³/mol. The molecule has 4 nitrogen and oxygen atoms in total. The fourth-order valence-corrected chi connectivity index (χ4v) is 2.80. The van der Waals surface area contributed by atoms with Crippen LogP contribution >= 0.6 is 11.6 Å². The lowest BCUT2D eigenvalue weighted by Gasteiger charge is -2.33. The van der Waals surface area contributed by atoms with Gasteiger partial charge in [-0.3, -0.25) is 9.59 Å². The van der Waals surface area contributed by atoms with Gasteiger partial charge in [0.05, 0.1) is 6.42 Å². The van der Waals surface area contributed by atoms with E-state index in [0.717, 1.165) is 12.8 Å². The minimum Gasteiger partial charge on any atom is -0.352 e. The van der Waals surface area contributed by atoms with E-state index in [-0.39, 0.29) is 34.9 Å². The lowest BCUT2D eigenvalue weighted by Crippen LogP contribution is -2.49. The van der Waals surface area contributed by atoms with Gasteiger partial charge in [0.1, 0.15) is 5.82 Å². The molecular formula is C15H18ClFN2O2. The van der Waals surface area contributed by atoms with Crippen molar-refractivity contribution in [3.05, 3.63) is 34.6 Å². The fraction of sp³-hybridized carbons (Fsp3) is 0.467. The molecular weight excluding hydrogens is 295 g/mol. The van der Waals surface area contributed by atoms with Gasteiger partial charge in [-0.1, -0.05) is 17.7 Å². The van der Waals surface area contributed by atoms with Crippen molar-refractivity contribution in [2.75, 3.05) is 13.1 Å². The molecule has 114 valence electrons. The maximum atomic E-state index is 13.7. The number of halogens is 2. The molecule has 1 heterocycles. The van der Waals surface area contributed by atoms with Crippen LogP contribution in [0.2, 0.25) is 5.02 Å². The van der Waals surface area contributed by atoms with Crippen molar-refractivity contribution in [1.82, 2.24) is 10.2 Å². The quantitative estimate of drug-likeness (QED) is 0.929. The van der Waals surface area contributed by atoms with Gasteiger partial charge in [-0.15, -0.1) is 0 Å². The molecule has 0 spiro atoms. The fourth-order valence-electron chi connectivity index (χ4n) is 2.57. The number of nitrogens with one attached hydrogen (secondary N) is 1. The van der Waals surface area contributed by atoms with Crippen molar-refractivity contribution in [2.45, 2.75) is 32.2 Å². The molecule has 0 saturated carbocycles. The van der Waals surface area contributed by atoms with Crippen LogP contribution in [0.15, 0.2) is 18.2 Å². The molecule has 1 atom stereocenters. The Morgan fingerprint density at radius 3 is 2.90 bits per heavy atom. The Morgan fingerprint density at radius 1 is 1.48 bits per heavy atom. The van der Waals surface area contributed by atoms with Gasteiger partial charge < -0.3 is 10.2 Å². The van der Waals surface area contributed by atoms with Crippen molar-refractivity contribution >= 4 is 23.4 Å². The Labute approximate surface area is 128 Å². The number of piperidine rings is 1. The van der Waals surface area contributed by atoms with Crippen LogP contribution < -0.4 is 5.32 Å². The van der Waals surface area contributed by atoms with Crippen LogP contribution in [0.5, 0.6) is 0 Å². The van der Waals surface area contributed by atoms with E-state index in [9.17, 15) is 14.0 Å². The molecule has 0 radical (unpaired) electrons. The van der Waals surface area contributed by atoms with E-state index < -0.39 is 5.82 Å².